The van der Waals surface area contributed by atoms with Gasteiger partial charge in [0.05, 0.1) is 6.04 Å². The SMILES string of the molecule is Cc1cc(F)ccc1NC(=O)C(N)C(C)(C)C. The van der Waals surface area contributed by atoms with Crippen LogP contribution >= 0.6 is 0 Å². The van der Waals surface area contributed by atoms with Crippen molar-refractivity contribution in [3.05, 3.63) is 29.6 Å². The molecule has 0 aromatic heterocycles. The standard InChI is InChI=1S/C13H19FN2O/c1-8-7-9(14)5-6-10(8)16-12(17)11(15)13(2,3)4/h5-7,11H,15H2,1-4H3,(H,16,17). The number of nitrogens with two attached hydrogens (primary N) is 1. The van der Waals surface area contributed by atoms with E-state index in [-0.39, 0.29) is 17.1 Å². The molecule has 0 spiro atoms. The molecule has 0 heterocycles. The number of carbonyl (C=O) groups excluding carboxylic acids is 1. The number of halogens is 1. The van der Waals surface area contributed by atoms with Gasteiger partial charge in [0.2, 0.25) is 5.91 Å². The second-order valence-corrected chi connectivity index (χ2v) is 5.29. The molecule has 0 aliphatic heterocycles. The Morgan fingerprint density at radius 2 is 2.00 bits per heavy atom. The van der Waals surface area contributed by atoms with Gasteiger partial charge < -0.3 is 11.1 Å². The van der Waals surface area contributed by atoms with Crippen molar-refractivity contribution in [2.45, 2.75) is 33.7 Å². The number of benzene rings is 1. The lowest BCUT2D eigenvalue weighted by Gasteiger charge is -2.26. The summed E-state index contributed by atoms with van der Waals surface area (Å²) in [4.78, 5) is 11.9. The Morgan fingerprint density at radius 3 is 2.47 bits per heavy atom. The van der Waals surface area contributed by atoms with Crippen molar-refractivity contribution in [3.8, 4) is 0 Å². The maximum absolute atomic E-state index is 12.9. The van der Waals surface area contributed by atoms with Gasteiger partial charge in [-0.2, -0.15) is 0 Å². The first-order valence-electron chi connectivity index (χ1n) is 5.54. The predicted octanol–water partition coefficient (Wildman–Crippen LogP) is 2.45. The fourth-order valence-corrected chi connectivity index (χ4v) is 1.37. The number of rotatable bonds is 2. The largest absolute Gasteiger partial charge is 0.324 e. The topological polar surface area (TPSA) is 55.1 Å². The van der Waals surface area contributed by atoms with E-state index in [1.807, 2.05) is 20.8 Å². The highest BCUT2D eigenvalue weighted by Crippen LogP contribution is 2.20. The Balaban J connectivity index is 2.82. The zero-order valence-electron chi connectivity index (χ0n) is 10.7. The summed E-state index contributed by atoms with van der Waals surface area (Å²) in [6.45, 7) is 7.43. The Hall–Kier alpha value is -1.42. The number of hydrogen-bond acceptors (Lipinski definition) is 2. The molecule has 17 heavy (non-hydrogen) atoms. The Kier molecular flexibility index (Phi) is 3.88. The van der Waals surface area contributed by atoms with Crippen LogP contribution in [0, 0.1) is 18.2 Å². The summed E-state index contributed by atoms with van der Waals surface area (Å²) >= 11 is 0. The third-order valence-corrected chi connectivity index (χ3v) is 2.66. The van der Waals surface area contributed by atoms with Crippen LogP contribution < -0.4 is 11.1 Å². The molecule has 3 nitrogen and oxygen atoms in total. The molecule has 0 aliphatic rings. The van der Waals surface area contributed by atoms with Crippen LogP contribution in [0.1, 0.15) is 26.3 Å². The maximum atomic E-state index is 12.9. The van der Waals surface area contributed by atoms with Gasteiger partial charge in [-0.05, 0) is 36.1 Å². The first-order chi connectivity index (χ1) is 7.71. The molecule has 0 saturated heterocycles. The summed E-state index contributed by atoms with van der Waals surface area (Å²) in [6, 6.07) is 3.62. The molecule has 0 bridgehead atoms. The molecule has 1 rings (SSSR count). The van der Waals surface area contributed by atoms with Crippen molar-refractivity contribution < 1.29 is 9.18 Å². The van der Waals surface area contributed by atoms with E-state index in [0.29, 0.717) is 11.3 Å². The van der Waals surface area contributed by atoms with Crippen molar-refractivity contribution in [3.63, 3.8) is 0 Å². The molecule has 0 saturated carbocycles. The molecule has 1 atom stereocenters. The maximum Gasteiger partial charge on any atom is 0.241 e. The first kappa shape index (κ1) is 13.6. The normalized spacial score (nSPS) is 13.3. The van der Waals surface area contributed by atoms with Gasteiger partial charge in [-0.1, -0.05) is 20.8 Å². The highest BCUT2D eigenvalue weighted by molar-refractivity contribution is 5.95. The van der Waals surface area contributed by atoms with E-state index >= 15 is 0 Å². The molecule has 94 valence electrons. The monoisotopic (exact) mass is 238 g/mol. The molecule has 0 radical (unpaired) electrons. The van der Waals surface area contributed by atoms with Crippen LogP contribution in [0.4, 0.5) is 10.1 Å². The Labute approximate surface area is 101 Å². The molecule has 0 fully saturated rings. The Morgan fingerprint density at radius 1 is 1.41 bits per heavy atom. The van der Waals surface area contributed by atoms with E-state index in [4.69, 9.17) is 5.73 Å². The fraction of sp³-hybridized carbons (Fsp3) is 0.462. The van der Waals surface area contributed by atoms with Gasteiger partial charge >= 0.3 is 0 Å². The van der Waals surface area contributed by atoms with E-state index in [0.717, 1.165) is 0 Å². The third-order valence-electron chi connectivity index (χ3n) is 2.66. The van der Waals surface area contributed by atoms with Gasteiger partial charge in [0.15, 0.2) is 0 Å². The second kappa shape index (κ2) is 4.84. The number of aryl methyl sites for hydroxylation is 1. The molecule has 4 heteroatoms. The van der Waals surface area contributed by atoms with Crippen LogP contribution in [0.5, 0.6) is 0 Å². The van der Waals surface area contributed by atoms with Gasteiger partial charge in [-0.25, -0.2) is 4.39 Å². The molecular weight excluding hydrogens is 219 g/mol. The highest BCUT2D eigenvalue weighted by atomic mass is 19.1. The minimum Gasteiger partial charge on any atom is -0.324 e. The second-order valence-electron chi connectivity index (χ2n) is 5.29. The van der Waals surface area contributed by atoms with Gasteiger partial charge in [-0.15, -0.1) is 0 Å². The first-order valence-corrected chi connectivity index (χ1v) is 5.54. The van der Waals surface area contributed by atoms with E-state index in [9.17, 15) is 9.18 Å². The van der Waals surface area contributed by atoms with Crippen LogP contribution in [-0.4, -0.2) is 11.9 Å². The zero-order chi connectivity index (χ0) is 13.2. The predicted molar refractivity (Wildman–Crippen MR) is 67.2 cm³/mol. The van der Waals surface area contributed by atoms with Gasteiger partial charge in [0, 0.05) is 5.69 Å². The summed E-state index contributed by atoms with van der Waals surface area (Å²) in [5.41, 5.74) is 6.80. The summed E-state index contributed by atoms with van der Waals surface area (Å²) in [6.07, 6.45) is 0. The smallest absolute Gasteiger partial charge is 0.241 e. The fourth-order valence-electron chi connectivity index (χ4n) is 1.37. The summed E-state index contributed by atoms with van der Waals surface area (Å²) in [5.74, 6) is -0.576. The molecular formula is C13H19FN2O. The lowest BCUT2D eigenvalue weighted by atomic mass is 9.87. The van der Waals surface area contributed by atoms with Crippen LogP contribution in [0.15, 0.2) is 18.2 Å². The number of nitrogens with one attached hydrogen (secondary N) is 1. The van der Waals surface area contributed by atoms with Crippen LogP contribution in [0.2, 0.25) is 0 Å². The van der Waals surface area contributed by atoms with E-state index < -0.39 is 6.04 Å². The third kappa shape index (κ3) is 3.53. The molecule has 1 amide bonds. The Bertz CT molecular complexity index is 424. The van der Waals surface area contributed by atoms with Crippen molar-refractivity contribution in [2.75, 3.05) is 5.32 Å². The molecule has 1 unspecified atom stereocenters. The quantitative estimate of drug-likeness (QED) is 0.831. The minimum absolute atomic E-state index is 0.257. The van der Waals surface area contributed by atoms with Crippen LogP contribution in [0.25, 0.3) is 0 Å². The number of hydrogen-bond donors (Lipinski definition) is 2. The van der Waals surface area contributed by atoms with Crippen molar-refractivity contribution in [2.24, 2.45) is 11.1 Å². The number of amides is 1. The van der Waals surface area contributed by atoms with Crippen molar-refractivity contribution in [1.29, 1.82) is 0 Å². The van der Waals surface area contributed by atoms with Gasteiger partial charge in [0.1, 0.15) is 5.82 Å². The molecule has 3 N–H and O–H groups in total. The van der Waals surface area contributed by atoms with Crippen molar-refractivity contribution in [1.82, 2.24) is 0 Å². The minimum atomic E-state index is -0.605. The lowest BCUT2D eigenvalue weighted by molar-refractivity contribution is -0.119. The molecule has 0 aliphatic carbocycles. The molecule has 1 aromatic carbocycles. The van der Waals surface area contributed by atoms with Crippen molar-refractivity contribution >= 4 is 11.6 Å². The average Bonchev–Trinajstić information content (AvgIpc) is 2.19. The van der Waals surface area contributed by atoms with E-state index in [1.165, 1.54) is 18.2 Å². The van der Waals surface area contributed by atoms with E-state index in [2.05, 4.69) is 5.32 Å². The summed E-state index contributed by atoms with van der Waals surface area (Å²) in [5, 5.41) is 2.71. The highest BCUT2D eigenvalue weighted by Gasteiger charge is 2.27. The number of anilines is 1. The van der Waals surface area contributed by atoms with E-state index in [1.54, 1.807) is 6.92 Å². The summed E-state index contributed by atoms with van der Waals surface area (Å²) < 4.78 is 12.9. The van der Waals surface area contributed by atoms with Gasteiger partial charge in [0.25, 0.3) is 0 Å². The molecule has 1 aromatic rings. The summed E-state index contributed by atoms with van der Waals surface area (Å²) in [7, 11) is 0. The van der Waals surface area contributed by atoms with Crippen LogP contribution in [-0.2, 0) is 4.79 Å². The zero-order valence-corrected chi connectivity index (χ0v) is 10.7. The lowest BCUT2D eigenvalue weighted by Crippen LogP contribution is -2.45. The number of carbonyl (C=O) groups is 1. The van der Waals surface area contributed by atoms with Gasteiger partial charge in [-0.3, -0.25) is 4.79 Å². The van der Waals surface area contributed by atoms with Crippen LogP contribution in [0.3, 0.4) is 0 Å². The average molecular weight is 238 g/mol.